The summed E-state index contributed by atoms with van der Waals surface area (Å²) >= 11 is 0. The number of nitrogens with one attached hydrogen (secondary N) is 1. The second-order valence-electron chi connectivity index (χ2n) is 5.34. The molecule has 0 aromatic carbocycles. The first kappa shape index (κ1) is 20.3. The molecule has 0 aliphatic carbocycles. The van der Waals surface area contributed by atoms with Crippen molar-refractivity contribution in [3.05, 3.63) is 0 Å². The van der Waals surface area contributed by atoms with Crippen LogP contribution in [0.5, 0.6) is 0 Å². The van der Waals surface area contributed by atoms with Crippen molar-refractivity contribution in [2.45, 2.75) is 64.9 Å². The maximum Gasteiger partial charge on any atom is 0.302 e. The van der Waals surface area contributed by atoms with Crippen molar-refractivity contribution in [1.29, 1.82) is 0 Å². The average Bonchev–Trinajstić information content (AvgIpc) is 2.47. The van der Waals surface area contributed by atoms with Gasteiger partial charge in [-0.2, -0.15) is 0 Å². The number of aliphatic hydroxyl groups is 1. The Labute approximate surface area is 129 Å². The number of rotatable bonds is 15. The summed E-state index contributed by atoms with van der Waals surface area (Å²) in [6, 6.07) is 0. The van der Waals surface area contributed by atoms with Gasteiger partial charge in [0.2, 0.25) is 0 Å². The highest BCUT2D eigenvalue weighted by Gasteiger charge is 2.06. The van der Waals surface area contributed by atoms with E-state index in [1.54, 1.807) is 0 Å². The van der Waals surface area contributed by atoms with E-state index in [-0.39, 0.29) is 18.7 Å². The fourth-order valence-electron chi connectivity index (χ4n) is 1.96. The normalized spacial score (nSPS) is 12.3. The van der Waals surface area contributed by atoms with Crippen LogP contribution < -0.4 is 5.32 Å². The van der Waals surface area contributed by atoms with Crippen LogP contribution in [-0.2, 0) is 14.3 Å². The highest BCUT2D eigenvalue weighted by Crippen LogP contribution is 2.00. The summed E-state index contributed by atoms with van der Waals surface area (Å²) in [5, 5.41) is 12.5. The van der Waals surface area contributed by atoms with Gasteiger partial charge in [-0.15, -0.1) is 0 Å². The number of unbranched alkanes of at least 4 members (excludes halogenated alkanes) is 5. The number of hydrogen-bond donors (Lipinski definition) is 2. The molecule has 0 aliphatic heterocycles. The Morgan fingerprint density at radius 1 is 1.10 bits per heavy atom. The highest BCUT2D eigenvalue weighted by molar-refractivity contribution is 5.65. The average molecular weight is 303 g/mol. The number of carbonyl (C=O) groups excluding carboxylic acids is 1. The van der Waals surface area contributed by atoms with Crippen LogP contribution >= 0.6 is 0 Å². The molecule has 0 saturated heterocycles. The molecule has 0 radical (unpaired) electrons. The van der Waals surface area contributed by atoms with E-state index in [1.807, 2.05) is 0 Å². The fourth-order valence-corrected chi connectivity index (χ4v) is 1.96. The molecule has 1 atom stereocenters. The molecule has 21 heavy (non-hydrogen) atoms. The predicted molar refractivity (Wildman–Crippen MR) is 84.3 cm³/mol. The van der Waals surface area contributed by atoms with Crippen LogP contribution in [0, 0.1) is 0 Å². The lowest BCUT2D eigenvalue weighted by Gasteiger charge is -2.16. The Morgan fingerprint density at radius 3 is 2.48 bits per heavy atom. The molecular weight excluding hydrogens is 270 g/mol. The maximum atomic E-state index is 10.6. The maximum absolute atomic E-state index is 10.6. The third-order valence-corrected chi connectivity index (χ3v) is 3.23. The van der Waals surface area contributed by atoms with Gasteiger partial charge >= 0.3 is 5.97 Å². The molecule has 0 aliphatic rings. The number of esters is 1. The van der Waals surface area contributed by atoms with Crippen molar-refractivity contribution in [3.8, 4) is 0 Å². The summed E-state index contributed by atoms with van der Waals surface area (Å²) < 4.78 is 10.5. The van der Waals surface area contributed by atoms with Gasteiger partial charge in [-0.1, -0.05) is 32.6 Å². The zero-order chi connectivity index (χ0) is 15.8. The van der Waals surface area contributed by atoms with Gasteiger partial charge in [-0.05, 0) is 25.8 Å². The summed E-state index contributed by atoms with van der Waals surface area (Å²) in [6.45, 7) is 6.57. The van der Waals surface area contributed by atoms with Crippen LogP contribution in [0.3, 0.4) is 0 Å². The zero-order valence-corrected chi connectivity index (χ0v) is 13.7. The lowest BCUT2D eigenvalue weighted by Crippen LogP contribution is -2.32. The molecule has 0 fully saturated rings. The minimum absolute atomic E-state index is 0.0709. The van der Waals surface area contributed by atoms with Crippen LogP contribution in [0.25, 0.3) is 0 Å². The fraction of sp³-hybridized carbons (Fsp3) is 0.938. The summed E-state index contributed by atoms with van der Waals surface area (Å²) in [7, 11) is 0. The van der Waals surface area contributed by atoms with E-state index >= 15 is 0 Å². The summed E-state index contributed by atoms with van der Waals surface area (Å²) in [5.41, 5.74) is 0. The molecule has 0 spiro atoms. The molecule has 0 heterocycles. The smallest absolute Gasteiger partial charge is 0.302 e. The highest BCUT2D eigenvalue weighted by atomic mass is 16.5. The van der Waals surface area contributed by atoms with Gasteiger partial charge in [0.25, 0.3) is 0 Å². The summed E-state index contributed by atoms with van der Waals surface area (Å²) in [6.07, 6.45) is 7.55. The summed E-state index contributed by atoms with van der Waals surface area (Å²) in [5.74, 6) is -0.203. The van der Waals surface area contributed by atoms with Crippen LogP contribution in [-0.4, -0.2) is 50.1 Å². The number of hydrogen-bond acceptors (Lipinski definition) is 5. The number of aliphatic hydroxyl groups excluding tert-OH is 1. The minimum atomic E-state index is -0.203. The minimum Gasteiger partial charge on any atom is -0.466 e. The monoisotopic (exact) mass is 303 g/mol. The molecule has 0 bridgehead atoms. The number of carbonyl (C=O) groups is 1. The van der Waals surface area contributed by atoms with Gasteiger partial charge in [0.1, 0.15) is 0 Å². The van der Waals surface area contributed by atoms with E-state index in [1.165, 1.54) is 19.8 Å². The molecule has 1 unspecified atom stereocenters. The van der Waals surface area contributed by atoms with Crippen LogP contribution in [0.2, 0.25) is 0 Å². The Hall–Kier alpha value is -0.650. The first-order chi connectivity index (χ1) is 10.2. The van der Waals surface area contributed by atoms with E-state index < -0.39 is 0 Å². The first-order valence-electron chi connectivity index (χ1n) is 8.27. The van der Waals surface area contributed by atoms with Crippen molar-refractivity contribution >= 4 is 5.97 Å². The third kappa shape index (κ3) is 15.6. The molecule has 0 aromatic heterocycles. The molecule has 126 valence electrons. The Balaban J connectivity index is 3.29. The van der Waals surface area contributed by atoms with Crippen molar-refractivity contribution in [3.63, 3.8) is 0 Å². The van der Waals surface area contributed by atoms with Crippen molar-refractivity contribution < 1.29 is 19.4 Å². The molecule has 5 nitrogen and oxygen atoms in total. The predicted octanol–water partition coefficient (Wildman–Crippen LogP) is 2.27. The zero-order valence-electron chi connectivity index (χ0n) is 13.7. The molecule has 0 saturated carbocycles. The van der Waals surface area contributed by atoms with Gasteiger partial charge in [0, 0.05) is 20.1 Å². The van der Waals surface area contributed by atoms with Gasteiger partial charge < -0.3 is 19.9 Å². The Bertz CT molecular complexity index is 236. The topological polar surface area (TPSA) is 67.8 Å². The van der Waals surface area contributed by atoms with Gasteiger partial charge in [0.15, 0.2) is 0 Å². The van der Waals surface area contributed by atoms with Gasteiger partial charge in [-0.25, -0.2) is 0 Å². The quantitative estimate of drug-likeness (QED) is 0.359. The second kappa shape index (κ2) is 15.7. The third-order valence-electron chi connectivity index (χ3n) is 3.23. The standard InChI is InChI=1S/C16H33NO4/c1-3-4-8-12-21-16(14-18)13-17-10-7-5-6-9-11-20-15(2)19/h16-18H,3-14H2,1-2H3. The molecule has 0 rings (SSSR count). The van der Waals surface area contributed by atoms with Crippen LogP contribution in [0.1, 0.15) is 58.8 Å². The Morgan fingerprint density at radius 2 is 1.81 bits per heavy atom. The van der Waals surface area contributed by atoms with E-state index in [0.29, 0.717) is 13.2 Å². The van der Waals surface area contributed by atoms with E-state index in [0.717, 1.165) is 45.3 Å². The molecule has 5 heteroatoms. The number of ether oxygens (including phenoxy) is 2. The SMILES string of the molecule is CCCCCOC(CO)CNCCCCCCOC(C)=O. The largest absolute Gasteiger partial charge is 0.466 e. The first-order valence-corrected chi connectivity index (χ1v) is 8.27. The van der Waals surface area contributed by atoms with Gasteiger partial charge in [-0.3, -0.25) is 4.79 Å². The Kier molecular flexibility index (Phi) is 15.2. The van der Waals surface area contributed by atoms with E-state index in [4.69, 9.17) is 9.47 Å². The van der Waals surface area contributed by atoms with E-state index in [9.17, 15) is 9.90 Å². The molecule has 0 amide bonds. The molecule has 0 aromatic rings. The second-order valence-corrected chi connectivity index (χ2v) is 5.34. The summed E-state index contributed by atoms with van der Waals surface area (Å²) in [4.78, 5) is 10.6. The lowest BCUT2D eigenvalue weighted by molar-refractivity contribution is -0.141. The van der Waals surface area contributed by atoms with Crippen molar-refractivity contribution in [1.82, 2.24) is 5.32 Å². The van der Waals surface area contributed by atoms with Gasteiger partial charge in [0.05, 0.1) is 19.3 Å². The van der Waals surface area contributed by atoms with Crippen molar-refractivity contribution in [2.75, 3.05) is 32.9 Å². The van der Waals surface area contributed by atoms with Crippen LogP contribution in [0.15, 0.2) is 0 Å². The van der Waals surface area contributed by atoms with Crippen molar-refractivity contribution in [2.24, 2.45) is 0 Å². The van der Waals surface area contributed by atoms with E-state index in [2.05, 4.69) is 12.2 Å². The molecule has 2 N–H and O–H groups in total. The molecular formula is C16H33NO4. The van der Waals surface area contributed by atoms with Crippen LogP contribution in [0.4, 0.5) is 0 Å². The lowest BCUT2D eigenvalue weighted by atomic mass is 10.2.